The molecule has 0 saturated carbocycles. The number of nitrogens with two attached hydrogens (primary N) is 1. The molecule has 2 N–H and O–H groups in total. The molecule has 0 aliphatic heterocycles. The Kier molecular flexibility index (Phi) is 4.06. The minimum absolute atomic E-state index is 0.139. The summed E-state index contributed by atoms with van der Waals surface area (Å²) in [4.78, 5) is 4.13. The van der Waals surface area contributed by atoms with Gasteiger partial charge in [-0.25, -0.2) is 8.78 Å². The lowest BCUT2D eigenvalue weighted by Crippen LogP contribution is -2.10. The number of benzene rings is 1. The van der Waals surface area contributed by atoms with Crippen LogP contribution in [0.3, 0.4) is 0 Å². The predicted octanol–water partition coefficient (Wildman–Crippen LogP) is 3.56. The first-order valence-corrected chi connectivity index (χ1v) is 5.94. The molecule has 0 radical (unpaired) electrons. The second-order valence-corrected chi connectivity index (χ2v) is 4.11. The number of aromatic nitrogens is 1. The zero-order valence-electron chi connectivity index (χ0n) is 10.4. The van der Waals surface area contributed by atoms with Gasteiger partial charge in [0.2, 0.25) is 0 Å². The fraction of sp³-hybridized carbons (Fsp3) is 0.214. The molecule has 0 aliphatic carbocycles. The molecule has 1 aromatic carbocycles. The summed E-state index contributed by atoms with van der Waals surface area (Å²) in [5.74, 6) is -1.03. The first-order chi connectivity index (χ1) is 9.10. The lowest BCUT2D eigenvalue weighted by Gasteiger charge is -2.10. The molecule has 0 spiro atoms. The van der Waals surface area contributed by atoms with Crippen molar-refractivity contribution < 1.29 is 13.5 Å². The van der Waals surface area contributed by atoms with Crippen molar-refractivity contribution in [2.75, 3.05) is 0 Å². The lowest BCUT2D eigenvalue weighted by atomic mass is 10.1. The van der Waals surface area contributed by atoms with Gasteiger partial charge in [0.1, 0.15) is 11.6 Å². The molecule has 0 aliphatic rings. The van der Waals surface area contributed by atoms with Crippen LogP contribution in [0.15, 0.2) is 36.5 Å². The summed E-state index contributed by atoms with van der Waals surface area (Å²) in [5.41, 5.74) is 6.56. The summed E-state index contributed by atoms with van der Waals surface area (Å²) in [6.07, 6.45) is 2.21. The number of hydrogen-bond donors (Lipinski definition) is 1. The van der Waals surface area contributed by atoms with Gasteiger partial charge in [0.15, 0.2) is 11.6 Å². The Balaban J connectivity index is 2.17. The van der Waals surface area contributed by atoms with Crippen molar-refractivity contribution >= 4 is 0 Å². The van der Waals surface area contributed by atoms with E-state index in [4.69, 9.17) is 10.5 Å². The van der Waals surface area contributed by atoms with Crippen LogP contribution >= 0.6 is 0 Å². The molecule has 100 valence electrons. The summed E-state index contributed by atoms with van der Waals surface area (Å²) < 4.78 is 31.6. The first-order valence-electron chi connectivity index (χ1n) is 5.94. The maximum Gasteiger partial charge on any atom is 0.166 e. The zero-order chi connectivity index (χ0) is 13.8. The summed E-state index contributed by atoms with van der Waals surface area (Å²) >= 11 is 0. The largest absolute Gasteiger partial charge is 0.453 e. The van der Waals surface area contributed by atoms with E-state index in [9.17, 15) is 8.78 Å². The van der Waals surface area contributed by atoms with Gasteiger partial charge in [-0.05, 0) is 30.7 Å². The van der Waals surface area contributed by atoms with E-state index in [1.165, 1.54) is 6.20 Å². The van der Waals surface area contributed by atoms with Gasteiger partial charge in [0.05, 0.1) is 11.9 Å². The molecule has 0 saturated heterocycles. The van der Waals surface area contributed by atoms with E-state index in [2.05, 4.69) is 4.98 Å². The van der Waals surface area contributed by atoms with Crippen molar-refractivity contribution in [2.24, 2.45) is 5.73 Å². The third-order valence-corrected chi connectivity index (χ3v) is 2.70. The Morgan fingerprint density at radius 3 is 2.68 bits per heavy atom. The number of hydrogen-bond acceptors (Lipinski definition) is 3. The quantitative estimate of drug-likeness (QED) is 0.918. The lowest BCUT2D eigenvalue weighted by molar-refractivity contribution is 0.434. The van der Waals surface area contributed by atoms with Crippen LogP contribution in [0.4, 0.5) is 8.78 Å². The molecule has 1 heterocycles. The normalized spacial score (nSPS) is 12.2. The second-order valence-electron chi connectivity index (χ2n) is 4.11. The first kappa shape index (κ1) is 13.4. The minimum atomic E-state index is -0.629. The summed E-state index contributed by atoms with van der Waals surface area (Å²) in [5, 5.41) is 0. The topological polar surface area (TPSA) is 48.1 Å². The van der Waals surface area contributed by atoms with E-state index < -0.39 is 11.6 Å². The smallest absolute Gasteiger partial charge is 0.166 e. The van der Waals surface area contributed by atoms with E-state index in [1.807, 2.05) is 6.92 Å². The van der Waals surface area contributed by atoms with Crippen molar-refractivity contribution in [3.8, 4) is 11.5 Å². The third-order valence-electron chi connectivity index (χ3n) is 2.70. The molecule has 1 atom stereocenters. The van der Waals surface area contributed by atoms with Crippen molar-refractivity contribution in [1.82, 2.24) is 4.98 Å². The molecule has 0 unspecified atom stereocenters. The minimum Gasteiger partial charge on any atom is -0.453 e. The Labute approximate surface area is 110 Å². The number of pyridine rings is 1. The highest BCUT2D eigenvalue weighted by atomic mass is 19.1. The predicted molar refractivity (Wildman–Crippen MR) is 67.9 cm³/mol. The number of nitrogens with zero attached hydrogens (tertiary/aromatic N) is 1. The summed E-state index contributed by atoms with van der Waals surface area (Å²) in [7, 11) is 0. The standard InChI is InChI=1S/C14H14F2N2O/c1-2-12(17)13-6-4-10(8-18-13)19-14-7-9(15)3-5-11(14)16/h3-8,12H,2,17H2,1H3/t12-/m0/s1. The third kappa shape index (κ3) is 3.26. The Morgan fingerprint density at radius 2 is 2.05 bits per heavy atom. The Bertz CT molecular complexity index is 558. The number of ether oxygens (including phenoxy) is 1. The van der Waals surface area contributed by atoms with Gasteiger partial charge in [0.25, 0.3) is 0 Å². The average Bonchev–Trinajstić information content (AvgIpc) is 2.43. The summed E-state index contributed by atoms with van der Waals surface area (Å²) in [6.45, 7) is 1.96. The fourth-order valence-corrected chi connectivity index (χ4v) is 1.56. The number of rotatable bonds is 4. The van der Waals surface area contributed by atoms with Crippen LogP contribution in [0.2, 0.25) is 0 Å². The SMILES string of the molecule is CC[C@H](N)c1ccc(Oc2cc(F)ccc2F)cn1. The molecule has 0 fully saturated rings. The monoisotopic (exact) mass is 264 g/mol. The maximum atomic E-state index is 13.4. The highest BCUT2D eigenvalue weighted by Gasteiger charge is 2.08. The molecule has 3 nitrogen and oxygen atoms in total. The van der Waals surface area contributed by atoms with Gasteiger partial charge < -0.3 is 10.5 Å². The Hall–Kier alpha value is -2.01. The van der Waals surface area contributed by atoms with Gasteiger partial charge in [-0.15, -0.1) is 0 Å². The van der Waals surface area contributed by atoms with Crippen LogP contribution in [0.1, 0.15) is 25.1 Å². The van der Waals surface area contributed by atoms with Crippen LogP contribution < -0.4 is 10.5 Å². The van der Waals surface area contributed by atoms with E-state index in [1.54, 1.807) is 12.1 Å². The van der Waals surface area contributed by atoms with E-state index in [0.29, 0.717) is 5.75 Å². The number of halogens is 2. The van der Waals surface area contributed by atoms with Crippen LogP contribution in [-0.2, 0) is 0 Å². The van der Waals surface area contributed by atoms with Gasteiger partial charge >= 0.3 is 0 Å². The van der Waals surface area contributed by atoms with Gasteiger partial charge in [0, 0.05) is 12.1 Å². The highest BCUT2D eigenvalue weighted by Crippen LogP contribution is 2.25. The second kappa shape index (κ2) is 5.75. The maximum absolute atomic E-state index is 13.4. The average molecular weight is 264 g/mol. The van der Waals surface area contributed by atoms with Crippen molar-refractivity contribution in [1.29, 1.82) is 0 Å². The van der Waals surface area contributed by atoms with Crippen molar-refractivity contribution in [2.45, 2.75) is 19.4 Å². The summed E-state index contributed by atoms with van der Waals surface area (Å²) in [6, 6.07) is 6.23. The van der Waals surface area contributed by atoms with E-state index >= 15 is 0 Å². The van der Waals surface area contributed by atoms with Crippen LogP contribution in [0.5, 0.6) is 11.5 Å². The molecular formula is C14H14F2N2O. The zero-order valence-corrected chi connectivity index (χ0v) is 10.4. The molecule has 5 heteroatoms. The van der Waals surface area contributed by atoms with Crippen LogP contribution in [0.25, 0.3) is 0 Å². The van der Waals surface area contributed by atoms with Crippen LogP contribution in [-0.4, -0.2) is 4.98 Å². The van der Waals surface area contributed by atoms with Gasteiger partial charge in [-0.2, -0.15) is 0 Å². The molecule has 0 amide bonds. The molecule has 2 aromatic rings. The molecule has 1 aromatic heterocycles. The Morgan fingerprint density at radius 1 is 1.26 bits per heavy atom. The van der Waals surface area contributed by atoms with E-state index in [0.717, 1.165) is 30.3 Å². The van der Waals surface area contributed by atoms with Crippen molar-refractivity contribution in [3.63, 3.8) is 0 Å². The fourth-order valence-electron chi connectivity index (χ4n) is 1.56. The van der Waals surface area contributed by atoms with E-state index in [-0.39, 0.29) is 11.8 Å². The van der Waals surface area contributed by atoms with Gasteiger partial charge in [-0.1, -0.05) is 6.92 Å². The molecule has 2 rings (SSSR count). The molecule has 19 heavy (non-hydrogen) atoms. The molecular weight excluding hydrogens is 250 g/mol. The van der Waals surface area contributed by atoms with Crippen LogP contribution in [0, 0.1) is 11.6 Å². The highest BCUT2D eigenvalue weighted by molar-refractivity contribution is 5.31. The molecule has 0 bridgehead atoms. The van der Waals surface area contributed by atoms with Gasteiger partial charge in [-0.3, -0.25) is 4.98 Å². The van der Waals surface area contributed by atoms with Crippen molar-refractivity contribution in [3.05, 3.63) is 53.9 Å².